The average molecular weight is 546 g/mol. The smallest absolute Gasteiger partial charge is 0.294 e. The highest BCUT2D eigenvalue weighted by Gasteiger charge is 2.45. The number of carbonyl (C=O) groups excluding carboxylic acids is 2. The number of hydrogen-bond acceptors (Lipinski definition) is 6. The number of aliphatic hydroxyl groups is 1. The monoisotopic (exact) mass is 545 g/mol. The van der Waals surface area contributed by atoms with Crippen LogP contribution in [0.4, 0.5) is 14.5 Å². The number of ketones is 1. The largest absolute Gasteiger partial charge is 0.506 e. The predicted octanol–water partition coefficient (Wildman–Crippen LogP) is 6.51. The SMILES string of the molecule is COc1cc(Cl)cc2cc(C(=O)C3=C(O)C(=O)N(c4ccc(F)c(F)c4)C3c3ccc(O)c(Cl)c3)oc12. The highest BCUT2D eigenvalue weighted by atomic mass is 35.5. The number of rotatable bonds is 5. The molecule has 2 heterocycles. The Balaban J connectivity index is 1.69. The number of methoxy groups -OCH3 is 1. The van der Waals surface area contributed by atoms with E-state index in [0.717, 1.165) is 23.1 Å². The van der Waals surface area contributed by atoms with Gasteiger partial charge in [0, 0.05) is 28.2 Å². The number of hydrogen-bond donors (Lipinski definition) is 2. The quantitative estimate of drug-likeness (QED) is 0.277. The first-order valence-electron chi connectivity index (χ1n) is 10.6. The molecule has 37 heavy (non-hydrogen) atoms. The van der Waals surface area contributed by atoms with Crippen LogP contribution in [0.25, 0.3) is 11.0 Å². The number of amides is 1. The van der Waals surface area contributed by atoms with Crippen LogP contribution in [0.15, 0.2) is 70.3 Å². The van der Waals surface area contributed by atoms with Crippen molar-refractivity contribution >= 4 is 51.5 Å². The number of benzene rings is 3. The molecule has 0 saturated carbocycles. The second-order valence-corrected chi connectivity index (χ2v) is 8.96. The van der Waals surface area contributed by atoms with E-state index in [2.05, 4.69) is 0 Å². The number of furan rings is 1. The van der Waals surface area contributed by atoms with Gasteiger partial charge in [-0.3, -0.25) is 14.5 Å². The Labute approximate surface area is 217 Å². The van der Waals surface area contributed by atoms with Gasteiger partial charge in [0.2, 0.25) is 5.78 Å². The average Bonchev–Trinajstić information content (AvgIpc) is 3.40. The molecule has 7 nitrogen and oxygen atoms in total. The lowest BCUT2D eigenvalue weighted by Crippen LogP contribution is -2.31. The van der Waals surface area contributed by atoms with Crippen molar-refractivity contribution in [2.45, 2.75) is 6.04 Å². The summed E-state index contributed by atoms with van der Waals surface area (Å²) in [5.41, 5.74) is -0.127. The summed E-state index contributed by atoms with van der Waals surface area (Å²) in [6, 6.07) is 9.66. The molecule has 2 N–H and O–H groups in total. The van der Waals surface area contributed by atoms with Crippen molar-refractivity contribution in [2.75, 3.05) is 12.0 Å². The summed E-state index contributed by atoms with van der Waals surface area (Å²) < 4.78 is 38.7. The lowest BCUT2D eigenvalue weighted by Gasteiger charge is -2.27. The fourth-order valence-corrected chi connectivity index (χ4v) is 4.63. The Morgan fingerprint density at radius 1 is 1.03 bits per heavy atom. The minimum Gasteiger partial charge on any atom is -0.506 e. The summed E-state index contributed by atoms with van der Waals surface area (Å²) in [4.78, 5) is 27.8. The second-order valence-electron chi connectivity index (χ2n) is 8.12. The molecule has 4 aromatic rings. The number of aliphatic hydroxyl groups excluding tert-OH is 1. The molecule has 0 spiro atoms. The van der Waals surface area contributed by atoms with E-state index < -0.39 is 40.7 Å². The standard InChI is InChI=1S/C26H15Cl2F2NO6/c1-36-20-9-13(27)6-12-8-19(37-25(12)20)23(33)21-22(11-2-5-18(32)15(28)7-11)31(26(35)24(21)34)14-3-4-16(29)17(30)10-14/h2-10,22,32,34H,1H3. The Bertz CT molecular complexity index is 1650. The third-order valence-corrected chi connectivity index (χ3v) is 6.43. The number of phenolic OH excluding ortho intramolecular Hbond substituents is 1. The van der Waals surface area contributed by atoms with Gasteiger partial charge in [-0.25, -0.2) is 8.78 Å². The normalized spacial score (nSPS) is 15.6. The van der Waals surface area contributed by atoms with E-state index in [0.29, 0.717) is 10.4 Å². The Morgan fingerprint density at radius 2 is 1.78 bits per heavy atom. The molecule has 0 saturated heterocycles. The van der Waals surface area contributed by atoms with Crippen molar-refractivity contribution in [2.24, 2.45) is 0 Å². The summed E-state index contributed by atoms with van der Waals surface area (Å²) in [6.45, 7) is 0. The summed E-state index contributed by atoms with van der Waals surface area (Å²) in [5.74, 6) is -5.47. The summed E-state index contributed by atoms with van der Waals surface area (Å²) in [5, 5.41) is 21.4. The highest BCUT2D eigenvalue weighted by Crippen LogP contribution is 2.44. The molecular weight excluding hydrogens is 531 g/mol. The van der Waals surface area contributed by atoms with E-state index in [1.807, 2.05) is 0 Å². The van der Waals surface area contributed by atoms with Gasteiger partial charge in [0.1, 0.15) is 5.75 Å². The third kappa shape index (κ3) is 4.06. The number of phenols is 1. The maximum Gasteiger partial charge on any atom is 0.294 e. The predicted molar refractivity (Wildman–Crippen MR) is 131 cm³/mol. The molecule has 5 rings (SSSR count). The molecule has 1 unspecified atom stereocenters. The number of ether oxygens (including phenoxy) is 1. The number of carbonyl (C=O) groups is 2. The Morgan fingerprint density at radius 3 is 2.46 bits per heavy atom. The van der Waals surface area contributed by atoms with Gasteiger partial charge in [0.05, 0.1) is 23.7 Å². The van der Waals surface area contributed by atoms with Crippen molar-refractivity contribution < 1.29 is 37.7 Å². The number of nitrogens with zero attached hydrogens (tertiary/aromatic N) is 1. The molecule has 0 bridgehead atoms. The zero-order chi connectivity index (χ0) is 26.6. The van der Waals surface area contributed by atoms with Gasteiger partial charge >= 0.3 is 0 Å². The van der Waals surface area contributed by atoms with Crippen LogP contribution in [-0.2, 0) is 4.79 Å². The molecule has 188 valence electrons. The van der Waals surface area contributed by atoms with Gasteiger partial charge in [0.25, 0.3) is 5.91 Å². The van der Waals surface area contributed by atoms with Crippen LogP contribution in [0.5, 0.6) is 11.5 Å². The van der Waals surface area contributed by atoms with Crippen LogP contribution in [-0.4, -0.2) is 29.0 Å². The number of fused-ring (bicyclic) bond motifs is 1. The van der Waals surface area contributed by atoms with Crippen LogP contribution in [0, 0.1) is 11.6 Å². The minimum absolute atomic E-state index is 0.100. The van der Waals surface area contributed by atoms with E-state index in [-0.39, 0.29) is 39.1 Å². The molecule has 1 aromatic heterocycles. The Kier molecular flexibility index (Phi) is 6.05. The molecule has 1 atom stereocenters. The van der Waals surface area contributed by atoms with Crippen molar-refractivity contribution in [3.63, 3.8) is 0 Å². The third-order valence-electron chi connectivity index (χ3n) is 5.91. The lowest BCUT2D eigenvalue weighted by atomic mass is 9.94. The zero-order valence-corrected chi connectivity index (χ0v) is 20.3. The van der Waals surface area contributed by atoms with Crippen molar-refractivity contribution in [3.05, 3.63) is 98.9 Å². The van der Waals surface area contributed by atoms with Crippen molar-refractivity contribution in [1.29, 1.82) is 0 Å². The molecule has 1 amide bonds. The van der Waals surface area contributed by atoms with Gasteiger partial charge in [0.15, 0.2) is 34.5 Å². The highest BCUT2D eigenvalue weighted by molar-refractivity contribution is 6.32. The molecule has 1 aliphatic heterocycles. The van der Waals surface area contributed by atoms with Crippen LogP contribution in [0.1, 0.15) is 22.2 Å². The first-order valence-corrected chi connectivity index (χ1v) is 11.4. The van der Waals surface area contributed by atoms with E-state index in [1.54, 1.807) is 6.07 Å². The summed E-state index contributed by atoms with van der Waals surface area (Å²) in [7, 11) is 1.39. The van der Waals surface area contributed by atoms with Crippen LogP contribution in [0.2, 0.25) is 10.0 Å². The maximum absolute atomic E-state index is 14.1. The van der Waals surface area contributed by atoms with Gasteiger partial charge < -0.3 is 19.4 Å². The van der Waals surface area contributed by atoms with Gasteiger partial charge in [-0.05, 0) is 42.0 Å². The number of aromatic hydroxyl groups is 1. The Hall–Kier alpha value is -4.08. The number of halogens is 4. The van der Waals surface area contributed by atoms with E-state index in [9.17, 15) is 28.6 Å². The van der Waals surface area contributed by atoms with Crippen LogP contribution in [0.3, 0.4) is 0 Å². The molecule has 11 heteroatoms. The lowest BCUT2D eigenvalue weighted by molar-refractivity contribution is -0.117. The molecule has 0 fully saturated rings. The summed E-state index contributed by atoms with van der Waals surface area (Å²) >= 11 is 12.2. The molecule has 0 radical (unpaired) electrons. The summed E-state index contributed by atoms with van der Waals surface area (Å²) in [6.07, 6.45) is 0. The molecular formula is C26H15Cl2F2NO6. The number of anilines is 1. The molecule has 3 aromatic carbocycles. The van der Waals surface area contributed by atoms with Crippen LogP contribution < -0.4 is 9.64 Å². The topological polar surface area (TPSA) is 100 Å². The van der Waals surface area contributed by atoms with Gasteiger partial charge in [-0.15, -0.1) is 0 Å². The van der Waals surface area contributed by atoms with Crippen LogP contribution >= 0.6 is 23.2 Å². The maximum atomic E-state index is 14.1. The fourth-order valence-electron chi connectivity index (χ4n) is 4.23. The fraction of sp³-hybridized carbons (Fsp3) is 0.0769. The number of Topliss-reactive ketones (excluding diaryl/α,β-unsaturated/α-hetero) is 1. The van der Waals surface area contributed by atoms with E-state index >= 15 is 0 Å². The van der Waals surface area contributed by atoms with E-state index in [4.69, 9.17) is 32.4 Å². The first kappa shape index (κ1) is 24.6. The minimum atomic E-state index is -1.33. The van der Waals surface area contributed by atoms with E-state index in [1.165, 1.54) is 37.4 Å². The molecule has 1 aliphatic rings. The zero-order valence-electron chi connectivity index (χ0n) is 18.8. The van der Waals surface area contributed by atoms with Gasteiger partial charge in [-0.2, -0.15) is 0 Å². The second kappa shape index (κ2) is 9.10. The van der Waals surface area contributed by atoms with Crippen molar-refractivity contribution in [3.8, 4) is 11.5 Å². The van der Waals surface area contributed by atoms with Gasteiger partial charge in [-0.1, -0.05) is 29.3 Å². The molecule has 0 aliphatic carbocycles. The van der Waals surface area contributed by atoms with Crippen molar-refractivity contribution in [1.82, 2.24) is 0 Å². The first-order chi connectivity index (χ1) is 17.6.